The molecule has 3 aromatic rings. The second-order valence-corrected chi connectivity index (χ2v) is 6.96. The highest BCUT2D eigenvalue weighted by Crippen LogP contribution is 1.95. The van der Waals surface area contributed by atoms with Crippen LogP contribution < -0.4 is 15.6 Å². The molecule has 0 N–H and O–H groups in total. The lowest BCUT2D eigenvalue weighted by atomic mass is 10.3. The summed E-state index contributed by atoms with van der Waals surface area (Å²) in [5.41, 5.74) is 0. The zero-order valence-corrected chi connectivity index (χ0v) is 11.7. The van der Waals surface area contributed by atoms with E-state index in [4.69, 9.17) is 0 Å². The molecule has 0 aliphatic heterocycles. The lowest BCUT2D eigenvalue weighted by molar-refractivity contribution is 1.71. The van der Waals surface area contributed by atoms with Gasteiger partial charge in [-0.15, -0.1) is 0 Å². The first kappa shape index (κ1) is 11.9. The Morgan fingerprint density at radius 1 is 0.368 bits per heavy atom. The van der Waals surface area contributed by atoms with Crippen LogP contribution in [-0.4, -0.2) is 8.80 Å². The van der Waals surface area contributed by atoms with E-state index in [2.05, 4.69) is 91.0 Å². The third kappa shape index (κ3) is 2.66. The zero-order valence-electron chi connectivity index (χ0n) is 10.7. The topological polar surface area (TPSA) is 0 Å². The van der Waals surface area contributed by atoms with Crippen molar-refractivity contribution in [3.05, 3.63) is 91.0 Å². The first-order valence-electron chi connectivity index (χ1n) is 6.48. The SMILES string of the molecule is c1ccc([Si-](c2ccccc2)c2ccccc2)cc1. The summed E-state index contributed by atoms with van der Waals surface area (Å²) in [7, 11) is -0.877. The highest BCUT2D eigenvalue weighted by molar-refractivity contribution is 6.95. The Bertz CT molecular complexity index is 524. The normalized spacial score (nSPS) is 10.1. The fourth-order valence-corrected chi connectivity index (χ4v) is 4.89. The summed E-state index contributed by atoms with van der Waals surface area (Å²) in [6.45, 7) is 0. The van der Waals surface area contributed by atoms with Crippen molar-refractivity contribution < 1.29 is 0 Å². The molecule has 3 rings (SSSR count). The van der Waals surface area contributed by atoms with Crippen LogP contribution in [0.2, 0.25) is 0 Å². The van der Waals surface area contributed by atoms with E-state index in [0.29, 0.717) is 0 Å². The van der Waals surface area contributed by atoms with Crippen LogP contribution in [0.15, 0.2) is 91.0 Å². The van der Waals surface area contributed by atoms with Crippen LogP contribution in [-0.2, 0) is 0 Å². The average Bonchev–Trinajstić information content (AvgIpc) is 2.51. The maximum Gasteiger partial charge on any atom is -0.0625 e. The first-order valence-corrected chi connectivity index (χ1v) is 7.98. The lowest BCUT2D eigenvalue weighted by Gasteiger charge is -2.33. The van der Waals surface area contributed by atoms with Gasteiger partial charge in [0.15, 0.2) is 0 Å². The Morgan fingerprint density at radius 2 is 0.632 bits per heavy atom. The van der Waals surface area contributed by atoms with Crippen LogP contribution in [0, 0.1) is 0 Å². The minimum absolute atomic E-state index is 0.877. The van der Waals surface area contributed by atoms with Crippen molar-refractivity contribution >= 4 is 24.4 Å². The monoisotopic (exact) mass is 259 g/mol. The molecule has 0 amide bonds. The van der Waals surface area contributed by atoms with E-state index in [-0.39, 0.29) is 0 Å². The van der Waals surface area contributed by atoms with Crippen LogP contribution in [0.1, 0.15) is 0 Å². The van der Waals surface area contributed by atoms with Crippen molar-refractivity contribution in [3.63, 3.8) is 0 Å². The van der Waals surface area contributed by atoms with Gasteiger partial charge in [-0.3, -0.25) is 0 Å². The van der Waals surface area contributed by atoms with Crippen molar-refractivity contribution in [2.75, 3.05) is 0 Å². The molecule has 0 radical (unpaired) electrons. The molecule has 0 bridgehead atoms. The summed E-state index contributed by atoms with van der Waals surface area (Å²) in [4.78, 5) is 0. The fraction of sp³-hybridized carbons (Fsp3) is 0. The molecule has 1 heteroatoms. The van der Waals surface area contributed by atoms with Gasteiger partial charge in [0.25, 0.3) is 0 Å². The standard InChI is InChI=1S/C18H15Si/c1-4-10-16(11-5-1)19(17-12-6-2-7-13-17)18-14-8-3-9-15-18/h1-15H/q-1. The molecule has 0 atom stereocenters. The quantitative estimate of drug-likeness (QED) is 0.500. The number of benzene rings is 3. The largest absolute Gasteiger partial charge is 0.219 e. The molecule has 0 aromatic heterocycles. The van der Waals surface area contributed by atoms with Gasteiger partial charge in [0.2, 0.25) is 0 Å². The second kappa shape index (κ2) is 5.68. The Kier molecular flexibility index (Phi) is 3.57. The average molecular weight is 259 g/mol. The molecule has 0 aliphatic rings. The molecular weight excluding hydrogens is 244 g/mol. The third-order valence-electron chi connectivity index (χ3n) is 3.19. The van der Waals surface area contributed by atoms with E-state index in [0.717, 1.165) is 0 Å². The Morgan fingerprint density at radius 3 is 0.895 bits per heavy atom. The minimum Gasteiger partial charge on any atom is -0.219 e. The van der Waals surface area contributed by atoms with Gasteiger partial charge in [-0.25, -0.2) is 8.80 Å². The van der Waals surface area contributed by atoms with E-state index in [9.17, 15) is 0 Å². The van der Waals surface area contributed by atoms with E-state index in [1.165, 1.54) is 15.6 Å². The fourth-order valence-electron chi connectivity index (χ4n) is 2.31. The van der Waals surface area contributed by atoms with Crippen molar-refractivity contribution in [3.8, 4) is 0 Å². The molecule has 0 fully saturated rings. The summed E-state index contributed by atoms with van der Waals surface area (Å²) < 4.78 is 0. The van der Waals surface area contributed by atoms with Gasteiger partial charge in [0.1, 0.15) is 0 Å². The molecule has 19 heavy (non-hydrogen) atoms. The summed E-state index contributed by atoms with van der Waals surface area (Å²) in [6, 6.07) is 32.5. The third-order valence-corrected chi connectivity index (χ3v) is 5.92. The summed E-state index contributed by atoms with van der Waals surface area (Å²) in [5.74, 6) is 0. The van der Waals surface area contributed by atoms with Gasteiger partial charge in [0, 0.05) is 0 Å². The lowest BCUT2D eigenvalue weighted by Crippen LogP contribution is -2.51. The molecule has 0 unspecified atom stereocenters. The predicted octanol–water partition coefficient (Wildman–Crippen LogP) is 2.20. The molecule has 92 valence electrons. The van der Waals surface area contributed by atoms with Crippen molar-refractivity contribution in [1.29, 1.82) is 0 Å². The highest BCUT2D eigenvalue weighted by atomic mass is 28.3. The van der Waals surface area contributed by atoms with E-state index < -0.39 is 8.80 Å². The maximum atomic E-state index is 2.24. The molecule has 0 nitrogen and oxygen atoms in total. The van der Waals surface area contributed by atoms with Crippen LogP contribution >= 0.6 is 0 Å². The first-order chi connectivity index (χ1) is 9.45. The van der Waals surface area contributed by atoms with Gasteiger partial charge >= 0.3 is 0 Å². The molecule has 0 saturated carbocycles. The molecule has 0 heterocycles. The van der Waals surface area contributed by atoms with Crippen LogP contribution in [0.5, 0.6) is 0 Å². The van der Waals surface area contributed by atoms with Gasteiger partial charge < -0.3 is 0 Å². The highest BCUT2D eigenvalue weighted by Gasteiger charge is 2.00. The Hall–Kier alpha value is -2.12. The smallest absolute Gasteiger partial charge is 0.0625 e. The minimum atomic E-state index is -0.877. The Balaban J connectivity index is 2.12. The predicted molar refractivity (Wildman–Crippen MR) is 84.0 cm³/mol. The van der Waals surface area contributed by atoms with Gasteiger partial charge in [0.05, 0.1) is 0 Å². The summed E-state index contributed by atoms with van der Waals surface area (Å²) >= 11 is 0. The van der Waals surface area contributed by atoms with Crippen LogP contribution in [0.4, 0.5) is 0 Å². The molecular formula is C18H15Si-. The maximum absolute atomic E-state index is 2.24. The van der Waals surface area contributed by atoms with Crippen molar-refractivity contribution in [1.82, 2.24) is 0 Å². The Labute approximate surface area is 116 Å². The van der Waals surface area contributed by atoms with Crippen molar-refractivity contribution in [2.45, 2.75) is 0 Å². The number of hydrogen-bond acceptors (Lipinski definition) is 0. The summed E-state index contributed by atoms with van der Waals surface area (Å²) in [5, 5.41) is 4.31. The second-order valence-electron chi connectivity index (χ2n) is 4.47. The van der Waals surface area contributed by atoms with E-state index in [1.807, 2.05) is 0 Å². The van der Waals surface area contributed by atoms with Crippen LogP contribution in [0.25, 0.3) is 0 Å². The molecule has 3 aromatic carbocycles. The van der Waals surface area contributed by atoms with Crippen LogP contribution in [0.3, 0.4) is 0 Å². The number of rotatable bonds is 3. The number of hydrogen-bond donors (Lipinski definition) is 0. The van der Waals surface area contributed by atoms with Gasteiger partial charge in [-0.2, -0.15) is 15.6 Å². The van der Waals surface area contributed by atoms with Gasteiger partial charge in [-0.05, 0) is 0 Å². The van der Waals surface area contributed by atoms with Gasteiger partial charge in [-0.1, -0.05) is 91.0 Å². The molecule has 0 saturated heterocycles. The zero-order chi connectivity index (χ0) is 12.9. The van der Waals surface area contributed by atoms with E-state index >= 15 is 0 Å². The molecule has 0 aliphatic carbocycles. The van der Waals surface area contributed by atoms with E-state index in [1.54, 1.807) is 0 Å². The molecule has 0 spiro atoms. The van der Waals surface area contributed by atoms with Crippen molar-refractivity contribution in [2.24, 2.45) is 0 Å². The summed E-state index contributed by atoms with van der Waals surface area (Å²) in [6.07, 6.45) is 0.